The summed E-state index contributed by atoms with van der Waals surface area (Å²) in [5.74, 6) is 0.463. The molecule has 26 heavy (non-hydrogen) atoms. The number of nitrogens with one attached hydrogen (secondary N) is 1. The zero-order valence-corrected chi connectivity index (χ0v) is 15.7. The molecule has 1 saturated heterocycles. The number of ether oxygens (including phenoxy) is 2. The number of imide groups is 1. The molecule has 0 aliphatic carbocycles. The number of benzene rings is 2. The van der Waals surface area contributed by atoms with Gasteiger partial charge in [-0.2, -0.15) is 0 Å². The summed E-state index contributed by atoms with van der Waals surface area (Å²) in [5, 5.41) is 2.28. The first-order valence-corrected chi connectivity index (χ1v) is 9.33. The standard InChI is InChI=1S/C19H18ClNO4S/c1-24-16(14-4-2-3-5-15(14)20)11-25-13-8-6-12(7-9-13)10-17-18(22)21-19(23)26-17/h2-9,16-17H,10-11H2,1H3,(H,21,22,23)/t16-,17?/m1/s1. The highest BCUT2D eigenvalue weighted by atomic mass is 35.5. The van der Waals surface area contributed by atoms with Gasteiger partial charge in [0.25, 0.3) is 5.24 Å². The van der Waals surface area contributed by atoms with Gasteiger partial charge in [0.1, 0.15) is 18.5 Å². The van der Waals surface area contributed by atoms with E-state index in [1.165, 1.54) is 0 Å². The third-order valence-electron chi connectivity index (χ3n) is 4.05. The van der Waals surface area contributed by atoms with E-state index in [4.69, 9.17) is 21.1 Å². The van der Waals surface area contributed by atoms with Gasteiger partial charge in [-0.25, -0.2) is 0 Å². The van der Waals surface area contributed by atoms with Crippen LogP contribution in [-0.4, -0.2) is 30.1 Å². The van der Waals surface area contributed by atoms with Crippen molar-refractivity contribution < 1.29 is 19.1 Å². The monoisotopic (exact) mass is 391 g/mol. The van der Waals surface area contributed by atoms with E-state index in [0.717, 1.165) is 22.9 Å². The number of halogens is 1. The number of hydrogen-bond donors (Lipinski definition) is 1. The van der Waals surface area contributed by atoms with E-state index >= 15 is 0 Å². The highest BCUT2D eigenvalue weighted by Crippen LogP contribution is 2.27. The van der Waals surface area contributed by atoms with E-state index in [2.05, 4.69) is 5.32 Å². The molecule has 0 spiro atoms. The second-order valence-corrected chi connectivity index (χ2v) is 7.37. The molecule has 2 aromatic carbocycles. The van der Waals surface area contributed by atoms with Crippen LogP contribution in [0.5, 0.6) is 5.75 Å². The Hall–Kier alpha value is -2.02. The molecule has 136 valence electrons. The predicted molar refractivity (Wildman–Crippen MR) is 102 cm³/mol. The first-order valence-electron chi connectivity index (χ1n) is 8.07. The van der Waals surface area contributed by atoms with Crippen LogP contribution in [0.3, 0.4) is 0 Å². The lowest BCUT2D eigenvalue weighted by Crippen LogP contribution is -2.25. The Morgan fingerprint density at radius 1 is 1.15 bits per heavy atom. The minimum absolute atomic E-state index is 0.233. The van der Waals surface area contributed by atoms with Gasteiger partial charge in [-0.15, -0.1) is 0 Å². The van der Waals surface area contributed by atoms with Gasteiger partial charge in [-0.05, 0) is 30.2 Å². The van der Waals surface area contributed by atoms with Crippen molar-refractivity contribution in [2.24, 2.45) is 0 Å². The fourth-order valence-corrected chi connectivity index (χ4v) is 3.77. The van der Waals surface area contributed by atoms with E-state index < -0.39 is 0 Å². The van der Waals surface area contributed by atoms with Gasteiger partial charge in [-0.3, -0.25) is 14.9 Å². The number of amides is 2. The number of hydrogen-bond acceptors (Lipinski definition) is 5. The summed E-state index contributed by atoms with van der Waals surface area (Å²) < 4.78 is 11.3. The Morgan fingerprint density at radius 3 is 2.50 bits per heavy atom. The van der Waals surface area contributed by atoms with Crippen LogP contribution in [0.4, 0.5) is 4.79 Å². The normalized spacial score (nSPS) is 17.8. The fourth-order valence-electron chi connectivity index (χ4n) is 2.66. The first kappa shape index (κ1) is 18.8. The first-order chi connectivity index (χ1) is 12.6. The van der Waals surface area contributed by atoms with Gasteiger partial charge < -0.3 is 9.47 Å². The van der Waals surface area contributed by atoms with Crippen LogP contribution in [0.2, 0.25) is 5.02 Å². The third-order valence-corrected chi connectivity index (χ3v) is 5.38. The third kappa shape index (κ3) is 4.58. The van der Waals surface area contributed by atoms with Crippen molar-refractivity contribution in [2.75, 3.05) is 13.7 Å². The van der Waals surface area contributed by atoms with Crippen molar-refractivity contribution in [1.29, 1.82) is 0 Å². The SMILES string of the molecule is CO[C@H](COc1ccc(CC2SC(=O)NC2=O)cc1)c1ccccc1Cl. The predicted octanol–water partition coefficient (Wildman–Crippen LogP) is 4.00. The number of carbonyl (C=O) groups is 2. The molecule has 1 heterocycles. The van der Waals surface area contributed by atoms with Crippen molar-refractivity contribution in [3.05, 3.63) is 64.7 Å². The van der Waals surface area contributed by atoms with Gasteiger partial charge in [0.15, 0.2) is 0 Å². The highest BCUT2D eigenvalue weighted by Gasteiger charge is 2.31. The second kappa shape index (κ2) is 8.58. The molecule has 1 fully saturated rings. The van der Waals surface area contributed by atoms with Gasteiger partial charge in [0.05, 0.1) is 5.25 Å². The van der Waals surface area contributed by atoms with E-state index in [9.17, 15) is 9.59 Å². The van der Waals surface area contributed by atoms with Gasteiger partial charge in [0.2, 0.25) is 5.91 Å². The lowest BCUT2D eigenvalue weighted by molar-refractivity contribution is -0.118. The average Bonchev–Trinajstić information content (AvgIpc) is 2.95. The Kier molecular flexibility index (Phi) is 6.19. The van der Waals surface area contributed by atoms with E-state index in [1.54, 1.807) is 7.11 Å². The topological polar surface area (TPSA) is 64.6 Å². The van der Waals surface area contributed by atoms with E-state index in [0.29, 0.717) is 23.8 Å². The maximum atomic E-state index is 11.6. The van der Waals surface area contributed by atoms with Gasteiger partial charge in [0, 0.05) is 17.7 Å². The highest BCUT2D eigenvalue weighted by molar-refractivity contribution is 8.15. The molecule has 1 N–H and O–H groups in total. The molecule has 0 radical (unpaired) electrons. The minimum atomic E-state index is -0.368. The zero-order chi connectivity index (χ0) is 18.5. The summed E-state index contributed by atoms with van der Waals surface area (Å²) in [5.41, 5.74) is 1.84. The summed E-state index contributed by atoms with van der Waals surface area (Å²) in [7, 11) is 1.62. The molecule has 2 aromatic rings. The van der Waals surface area contributed by atoms with Crippen LogP contribution in [0.25, 0.3) is 0 Å². The largest absolute Gasteiger partial charge is 0.491 e. The number of carbonyl (C=O) groups excluding carboxylic acids is 2. The van der Waals surface area contributed by atoms with Crippen LogP contribution in [0.15, 0.2) is 48.5 Å². The Balaban J connectivity index is 1.58. The molecule has 0 aromatic heterocycles. The van der Waals surface area contributed by atoms with Gasteiger partial charge >= 0.3 is 0 Å². The summed E-state index contributed by atoms with van der Waals surface area (Å²) in [6, 6.07) is 15.0. The Labute approximate surface area is 161 Å². The molecule has 1 aliphatic heterocycles. The van der Waals surface area contributed by atoms with E-state index in [-0.39, 0.29) is 22.5 Å². The molecule has 2 amide bonds. The molecule has 1 aliphatic rings. The van der Waals surface area contributed by atoms with Crippen LogP contribution in [0, 0.1) is 0 Å². The fraction of sp³-hybridized carbons (Fsp3) is 0.263. The quantitative estimate of drug-likeness (QED) is 0.772. The molecule has 0 bridgehead atoms. The van der Waals surface area contributed by atoms with Crippen molar-refractivity contribution in [3.63, 3.8) is 0 Å². The second-order valence-electron chi connectivity index (χ2n) is 5.79. The molecule has 7 heteroatoms. The van der Waals surface area contributed by atoms with Crippen molar-refractivity contribution in [3.8, 4) is 5.75 Å². The van der Waals surface area contributed by atoms with Crippen molar-refractivity contribution >= 4 is 34.5 Å². The molecule has 3 rings (SSSR count). The van der Waals surface area contributed by atoms with Crippen LogP contribution in [-0.2, 0) is 16.0 Å². The number of rotatable bonds is 7. The molecular weight excluding hydrogens is 374 g/mol. The maximum absolute atomic E-state index is 11.6. The molecule has 1 unspecified atom stereocenters. The molecule has 2 atom stereocenters. The smallest absolute Gasteiger partial charge is 0.286 e. The van der Waals surface area contributed by atoms with Gasteiger partial charge in [-0.1, -0.05) is 53.7 Å². The van der Waals surface area contributed by atoms with Crippen LogP contribution in [0.1, 0.15) is 17.2 Å². The summed E-state index contributed by atoms with van der Waals surface area (Å²) in [4.78, 5) is 22.8. The molecule has 0 saturated carbocycles. The summed E-state index contributed by atoms with van der Waals surface area (Å²) in [6.07, 6.45) is 0.232. The Bertz CT molecular complexity index is 796. The number of thioether (sulfide) groups is 1. The lowest BCUT2D eigenvalue weighted by Gasteiger charge is -2.18. The lowest BCUT2D eigenvalue weighted by atomic mass is 10.1. The average molecular weight is 392 g/mol. The zero-order valence-electron chi connectivity index (χ0n) is 14.1. The number of methoxy groups -OCH3 is 1. The summed E-state index contributed by atoms with van der Waals surface area (Å²) in [6.45, 7) is 0.328. The van der Waals surface area contributed by atoms with Crippen LogP contribution < -0.4 is 10.1 Å². The minimum Gasteiger partial charge on any atom is -0.491 e. The molecular formula is C19H18ClNO4S. The van der Waals surface area contributed by atoms with Crippen LogP contribution >= 0.6 is 23.4 Å². The maximum Gasteiger partial charge on any atom is 0.286 e. The van der Waals surface area contributed by atoms with Crippen molar-refractivity contribution in [2.45, 2.75) is 17.8 Å². The van der Waals surface area contributed by atoms with Crippen molar-refractivity contribution in [1.82, 2.24) is 5.32 Å². The summed E-state index contributed by atoms with van der Waals surface area (Å²) >= 11 is 7.24. The molecule has 5 nitrogen and oxygen atoms in total. The Morgan fingerprint density at radius 2 is 1.88 bits per heavy atom. The van der Waals surface area contributed by atoms with E-state index in [1.807, 2.05) is 48.5 Å².